The second kappa shape index (κ2) is 10.8. The fourth-order valence-electron chi connectivity index (χ4n) is 3.71. The first-order valence-electron chi connectivity index (χ1n) is 11.0. The van der Waals surface area contributed by atoms with E-state index < -0.39 is 30.2 Å². The molecule has 0 unspecified atom stereocenters. The van der Waals surface area contributed by atoms with Crippen LogP contribution in [0.25, 0.3) is 0 Å². The molecule has 2 heterocycles. The lowest BCUT2D eigenvalue weighted by Gasteiger charge is -2.17. The summed E-state index contributed by atoms with van der Waals surface area (Å²) < 4.78 is 43.8. The molecule has 0 saturated carbocycles. The first-order chi connectivity index (χ1) is 17.2. The van der Waals surface area contributed by atoms with Crippen LogP contribution in [0.1, 0.15) is 16.9 Å². The van der Waals surface area contributed by atoms with Crippen molar-refractivity contribution in [2.24, 2.45) is 5.92 Å². The Morgan fingerprint density at radius 3 is 2.56 bits per heavy atom. The maximum Gasteiger partial charge on any atom is 0.416 e. The van der Waals surface area contributed by atoms with Crippen LogP contribution in [0.2, 0.25) is 0 Å². The number of hydrogen-bond donors (Lipinski definition) is 2. The zero-order valence-electron chi connectivity index (χ0n) is 18.9. The van der Waals surface area contributed by atoms with E-state index in [1.54, 1.807) is 35.6 Å². The molecule has 36 heavy (non-hydrogen) atoms. The average molecular weight is 518 g/mol. The zero-order valence-corrected chi connectivity index (χ0v) is 19.7. The quantitative estimate of drug-likeness (QED) is 0.462. The molecule has 1 aliphatic rings. The number of halogens is 3. The van der Waals surface area contributed by atoms with E-state index in [9.17, 15) is 27.6 Å². The van der Waals surface area contributed by atoms with Crippen molar-refractivity contribution >= 4 is 40.4 Å². The molecule has 1 saturated heterocycles. The van der Waals surface area contributed by atoms with Gasteiger partial charge in [-0.2, -0.15) is 13.2 Å². The average Bonchev–Trinajstić information content (AvgIpc) is 3.51. The molecular formula is C25H22F3N3O4S. The second-order valence-corrected chi connectivity index (χ2v) is 9.14. The SMILES string of the molecule is O=C(COc1ccc(N2C[C@@H](C(=O)NCc3cccs3)CC2=O)cc1)Nc1cccc(C(F)(F)F)c1. The number of ether oxygens (including phenoxy) is 1. The third kappa shape index (κ3) is 6.42. The van der Waals surface area contributed by atoms with E-state index in [0.717, 1.165) is 17.0 Å². The van der Waals surface area contributed by atoms with E-state index in [0.29, 0.717) is 18.0 Å². The molecule has 2 aromatic carbocycles. The Morgan fingerprint density at radius 2 is 1.86 bits per heavy atom. The highest BCUT2D eigenvalue weighted by Crippen LogP contribution is 2.31. The van der Waals surface area contributed by atoms with Gasteiger partial charge in [0.15, 0.2) is 6.61 Å². The first-order valence-corrected chi connectivity index (χ1v) is 11.9. The van der Waals surface area contributed by atoms with Gasteiger partial charge in [-0.1, -0.05) is 12.1 Å². The predicted molar refractivity (Wildman–Crippen MR) is 129 cm³/mol. The number of alkyl halides is 3. The third-order valence-electron chi connectivity index (χ3n) is 5.50. The summed E-state index contributed by atoms with van der Waals surface area (Å²) in [6.07, 6.45) is -4.39. The van der Waals surface area contributed by atoms with Gasteiger partial charge in [0.2, 0.25) is 11.8 Å². The van der Waals surface area contributed by atoms with E-state index in [1.807, 2.05) is 17.5 Å². The van der Waals surface area contributed by atoms with Gasteiger partial charge in [0, 0.05) is 29.2 Å². The molecule has 1 fully saturated rings. The Labute approximate surface area is 208 Å². The van der Waals surface area contributed by atoms with Gasteiger partial charge in [0.25, 0.3) is 5.91 Å². The van der Waals surface area contributed by atoms with Gasteiger partial charge in [-0.15, -0.1) is 11.3 Å². The Balaban J connectivity index is 1.27. The number of carbonyl (C=O) groups excluding carboxylic acids is 3. The molecule has 1 aliphatic heterocycles. The van der Waals surface area contributed by atoms with Crippen molar-refractivity contribution in [2.75, 3.05) is 23.4 Å². The first kappa shape index (κ1) is 25.2. The fourth-order valence-corrected chi connectivity index (χ4v) is 4.35. The van der Waals surface area contributed by atoms with E-state index in [-0.39, 0.29) is 30.5 Å². The number of amides is 3. The van der Waals surface area contributed by atoms with E-state index in [1.165, 1.54) is 17.0 Å². The van der Waals surface area contributed by atoms with Crippen molar-refractivity contribution in [3.63, 3.8) is 0 Å². The minimum atomic E-state index is -4.51. The summed E-state index contributed by atoms with van der Waals surface area (Å²) in [5.74, 6) is -1.07. The second-order valence-electron chi connectivity index (χ2n) is 8.11. The summed E-state index contributed by atoms with van der Waals surface area (Å²) in [6, 6.07) is 14.6. The van der Waals surface area contributed by atoms with Gasteiger partial charge in [-0.05, 0) is 53.9 Å². The van der Waals surface area contributed by atoms with E-state index in [2.05, 4.69) is 10.6 Å². The highest BCUT2D eigenvalue weighted by atomic mass is 32.1. The lowest BCUT2D eigenvalue weighted by molar-refractivity contribution is -0.137. The van der Waals surface area contributed by atoms with Gasteiger partial charge in [0.1, 0.15) is 5.75 Å². The van der Waals surface area contributed by atoms with Crippen molar-refractivity contribution in [1.82, 2.24) is 5.32 Å². The van der Waals surface area contributed by atoms with Crippen molar-refractivity contribution in [1.29, 1.82) is 0 Å². The molecule has 3 aromatic rings. The van der Waals surface area contributed by atoms with Crippen molar-refractivity contribution in [3.8, 4) is 5.75 Å². The monoisotopic (exact) mass is 517 g/mol. The van der Waals surface area contributed by atoms with Crippen LogP contribution in [0, 0.1) is 5.92 Å². The number of hydrogen-bond acceptors (Lipinski definition) is 5. The minimum absolute atomic E-state index is 0.00954. The lowest BCUT2D eigenvalue weighted by atomic mass is 10.1. The Bertz CT molecular complexity index is 1230. The van der Waals surface area contributed by atoms with Gasteiger partial charge >= 0.3 is 6.18 Å². The zero-order chi connectivity index (χ0) is 25.7. The Kier molecular flexibility index (Phi) is 7.58. The Morgan fingerprint density at radius 1 is 1.08 bits per heavy atom. The molecular weight excluding hydrogens is 495 g/mol. The fraction of sp³-hybridized carbons (Fsp3) is 0.240. The van der Waals surface area contributed by atoms with Crippen LogP contribution < -0.4 is 20.3 Å². The normalized spacial score (nSPS) is 15.6. The van der Waals surface area contributed by atoms with Crippen LogP contribution in [0.3, 0.4) is 0 Å². The smallest absolute Gasteiger partial charge is 0.416 e. The number of benzene rings is 2. The van der Waals surface area contributed by atoms with Gasteiger partial charge in [-0.3, -0.25) is 14.4 Å². The van der Waals surface area contributed by atoms with Crippen molar-refractivity contribution in [2.45, 2.75) is 19.1 Å². The number of rotatable bonds is 8. The molecule has 0 aliphatic carbocycles. The molecule has 2 N–H and O–H groups in total. The molecule has 7 nitrogen and oxygen atoms in total. The van der Waals surface area contributed by atoms with Crippen LogP contribution in [-0.2, 0) is 27.1 Å². The highest BCUT2D eigenvalue weighted by Gasteiger charge is 2.35. The minimum Gasteiger partial charge on any atom is -0.484 e. The molecule has 4 rings (SSSR count). The maximum atomic E-state index is 12.8. The molecule has 0 spiro atoms. The topological polar surface area (TPSA) is 87.7 Å². The van der Waals surface area contributed by atoms with Crippen molar-refractivity contribution < 1.29 is 32.3 Å². The number of nitrogens with zero attached hydrogens (tertiary/aromatic N) is 1. The van der Waals surface area contributed by atoms with Crippen LogP contribution in [-0.4, -0.2) is 30.9 Å². The Hall–Kier alpha value is -3.86. The summed E-state index contributed by atoms with van der Waals surface area (Å²) in [4.78, 5) is 39.6. The summed E-state index contributed by atoms with van der Waals surface area (Å²) in [5, 5.41) is 7.16. The van der Waals surface area contributed by atoms with Gasteiger partial charge in [0.05, 0.1) is 18.0 Å². The molecule has 1 atom stereocenters. The molecule has 1 aromatic heterocycles. The van der Waals surface area contributed by atoms with Crippen LogP contribution in [0.15, 0.2) is 66.0 Å². The largest absolute Gasteiger partial charge is 0.484 e. The summed E-state index contributed by atoms with van der Waals surface area (Å²) in [7, 11) is 0. The molecule has 3 amide bonds. The summed E-state index contributed by atoms with van der Waals surface area (Å²) in [6.45, 7) is 0.272. The van der Waals surface area contributed by atoms with E-state index >= 15 is 0 Å². The molecule has 0 bridgehead atoms. The number of carbonyl (C=O) groups is 3. The van der Waals surface area contributed by atoms with Crippen LogP contribution in [0.4, 0.5) is 24.5 Å². The van der Waals surface area contributed by atoms with Gasteiger partial charge in [-0.25, -0.2) is 0 Å². The summed E-state index contributed by atoms with van der Waals surface area (Å²) in [5.41, 5.74) is -0.264. The summed E-state index contributed by atoms with van der Waals surface area (Å²) >= 11 is 1.54. The molecule has 11 heteroatoms. The maximum absolute atomic E-state index is 12.8. The standard InChI is InChI=1S/C25H22F3N3O4S/c26-25(27,28)17-3-1-4-18(12-17)30-22(32)15-35-20-8-6-19(7-9-20)31-14-16(11-23(31)33)24(34)29-13-21-5-2-10-36-21/h1-10,12,16H,11,13-15H2,(H,29,34)(H,30,32)/t16-/m0/s1. The number of anilines is 2. The number of thiophene rings is 1. The van der Waals surface area contributed by atoms with Crippen LogP contribution >= 0.6 is 11.3 Å². The number of nitrogens with one attached hydrogen (secondary N) is 2. The van der Waals surface area contributed by atoms with Gasteiger partial charge < -0.3 is 20.3 Å². The van der Waals surface area contributed by atoms with Crippen LogP contribution in [0.5, 0.6) is 5.75 Å². The lowest BCUT2D eigenvalue weighted by Crippen LogP contribution is -2.32. The molecule has 188 valence electrons. The van der Waals surface area contributed by atoms with E-state index in [4.69, 9.17) is 4.74 Å². The molecule has 0 radical (unpaired) electrons. The van der Waals surface area contributed by atoms with Crippen molar-refractivity contribution in [3.05, 3.63) is 76.5 Å². The third-order valence-corrected chi connectivity index (χ3v) is 6.38. The highest BCUT2D eigenvalue weighted by molar-refractivity contribution is 7.09. The predicted octanol–water partition coefficient (Wildman–Crippen LogP) is 4.45.